The molecule has 3 rings (SSSR count). The van der Waals surface area contributed by atoms with Crippen molar-refractivity contribution in [1.82, 2.24) is 0 Å². The first-order chi connectivity index (χ1) is 13.6. The Hall–Kier alpha value is -3.54. The zero-order valence-electron chi connectivity index (χ0n) is 15.9. The lowest BCUT2D eigenvalue weighted by molar-refractivity contribution is 0.0474. The highest BCUT2D eigenvalue weighted by molar-refractivity contribution is 6.02. The van der Waals surface area contributed by atoms with Crippen LogP contribution >= 0.6 is 0 Å². The number of ketones is 1. The number of esters is 1. The Morgan fingerprint density at radius 3 is 2.00 bits per heavy atom. The van der Waals surface area contributed by atoms with Crippen molar-refractivity contribution in [3.05, 3.63) is 65.7 Å². The van der Waals surface area contributed by atoms with Crippen molar-refractivity contribution < 1.29 is 28.5 Å². The monoisotopic (exact) mass is 380 g/mol. The molecule has 0 radical (unpaired) electrons. The van der Waals surface area contributed by atoms with Crippen LogP contribution < -0.4 is 14.2 Å². The number of Topliss-reactive ketones (excluding diaryl/α,β-unsaturated/α-hetero) is 1. The molecule has 0 spiro atoms. The molecule has 0 amide bonds. The second kappa shape index (κ2) is 8.43. The molecule has 0 aliphatic carbocycles. The molecule has 3 aromatic carbocycles. The van der Waals surface area contributed by atoms with Gasteiger partial charge in [-0.3, -0.25) is 4.79 Å². The quantitative estimate of drug-likeness (QED) is 0.457. The first-order valence-electron chi connectivity index (χ1n) is 8.56. The highest BCUT2D eigenvalue weighted by Crippen LogP contribution is 2.38. The zero-order valence-corrected chi connectivity index (χ0v) is 15.9. The van der Waals surface area contributed by atoms with Crippen LogP contribution in [0.3, 0.4) is 0 Å². The summed E-state index contributed by atoms with van der Waals surface area (Å²) in [6, 6.07) is 16.0. The number of carbonyl (C=O) groups excluding carboxylic acids is 2. The molecule has 0 atom stereocenters. The van der Waals surface area contributed by atoms with Gasteiger partial charge in [-0.1, -0.05) is 36.4 Å². The molecule has 0 N–H and O–H groups in total. The number of ether oxygens (including phenoxy) is 4. The summed E-state index contributed by atoms with van der Waals surface area (Å²) in [6.07, 6.45) is 0. The number of hydrogen-bond donors (Lipinski definition) is 0. The van der Waals surface area contributed by atoms with E-state index >= 15 is 0 Å². The van der Waals surface area contributed by atoms with Gasteiger partial charge in [0, 0.05) is 5.56 Å². The minimum atomic E-state index is -0.659. The molecule has 0 saturated heterocycles. The number of fused-ring (bicyclic) bond motifs is 1. The molecule has 0 aliphatic heterocycles. The molecule has 6 heteroatoms. The van der Waals surface area contributed by atoms with Gasteiger partial charge in [0.2, 0.25) is 5.75 Å². The maximum Gasteiger partial charge on any atom is 0.338 e. The van der Waals surface area contributed by atoms with Crippen LogP contribution in [0.2, 0.25) is 0 Å². The molecule has 0 unspecified atom stereocenters. The largest absolute Gasteiger partial charge is 0.493 e. The summed E-state index contributed by atoms with van der Waals surface area (Å²) in [5, 5.41) is 1.98. The molecule has 0 fully saturated rings. The van der Waals surface area contributed by atoms with Gasteiger partial charge >= 0.3 is 5.97 Å². The normalized spacial score (nSPS) is 10.4. The van der Waals surface area contributed by atoms with Crippen LogP contribution in [0.5, 0.6) is 17.2 Å². The minimum absolute atomic E-state index is 0.195. The molecule has 0 aromatic heterocycles. The van der Waals surface area contributed by atoms with Crippen LogP contribution in [-0.2, 0) is 4.74 Å². The van der Waals surface area contributed by atoms with Crippen LogP contribution in [0.4, 0.5) is 0 Å². The van der Waals surface area contributed by atoms with Gasteiger partial charge in [0.25, 0.3) is 0 Å². The Balaban J connectivity index is 1.74. The number of hydrogen-bond acceptors (Lipinski definition) is 6. The van der Waals surface area contributed by atoms with E-state index in [1.807, 2.05) is 30.3 Å². The van der Waals surface area contributed by atoms with Gasteiger partial charge in [-0.05, 0) is 29.0 Å². The molecule has 6 nitrogen and oxygen atoms in total. The number of methoxy groups -OCH3 is 3. The molecule has 0 bridgehead atoms. The smallest absolute Gasteiger partial charge is 0.338 e. The Morgan fingerprint density at radius 2 is 1.39 bits per heavy atom. The van der Waals surface area contributed by atoms with E-state index in [0.717, 1.165) is 10.8 Å². The van der Waals surface area contributed by atoms with E-state index < -0.39 is 5.97 Å². The molecule has 3 aromatic rings. The third kappa shape index (κ3) is 3.91. The van der Waals surface area contributed by atoms with E-state index in [0.29, 0.717) is 22.8 Å². The van der Waals surface area contributed by atoms with E-state index in [4.69, 9.17) is 18.9 Å². The predicted molar refractivity (Wildman–Crippen MR) is 105 cm³/mol. The standard InChI is InChI=1S/C22H20O6/c1-25-19-11-17(12-20(26-2)21(19)27-3)22(24)28-13-18(23)16-9-8-14-6-4-5-7-15(14)10-16/h4-12H,13H2,1-3H3. The van der Waals surface area contributed by atoms with Gasteiger partial charge in [-0.25, -0.2) is 4.79 Å². The van der Waals surface area contributed by atoms with E-state index in [1.165, 1.54) is 33.5 Å². The van der Waals surface area contributed by atoms with Crippen LogP contribution in [0.25, 0.3) is 10.8 Å². The maximum atomic E-state index is 12.4. The van der Waals surface area contributed by atoms with E-state index in [9.17, 15) is 9.59 Å². The average molecular weight is 380 g/mol. The summed E-state index contributed by atoms with van der Waals surface area (Å²) in [5.41, 5.74) is 0.678. The van der Waals surface area contributed by atoms with Crippen molar-refractivity contribution in [2.45, 2.75) is 0 Å². The van der Waals surface area contributed by atoms with E-state index in [1.54, 1.807) is 12.1 Å². The first kappa shape index (κ1) is 19.2. The highest BCUT2D eigenvalue weighted by Gasteiger charge is 2.19. The van der Waals surface area contributed by atoms with Crippen molar-refractivity contribution in [3.8, 4) is 17.2 Å². The molecular formula is C22H20O6. The lowest BCUT2D eigenvalue weighted by atomic mass is 10.0. The van der Waals surface area contributed by atoms with Crippen LogP contribution in [0, 0.1) is 0 Å². The topological polar surface area (TPSA) is 71.1 Å². The lowest BCUT2D eigenvalue weighted by Crippen LogP contribution is -2.14. The fourth-order valence-electron chi connectivity index (χ4n) is 2.86. The van der Waals surface area contributed by atoms with Crippen molar-refractivity contribution in [2.24, 2.45) is 0 Å². The molecule has 0 heterocycles. The molecular weight excluding hydrogens is 360 g/mol. The fraction of sp³-hybridized carbons (Fsp3) is 0.182. The second-order valence-corrected chi connectivity index (χ2v) is 5.98. The SMILES string of the molecule is COc1cc(C(=O)OCC(=O)c2ccc3ccccc3c2)cc(OC)c1OC. The minimum Gasteiger partial charge on any atom is -0.493 e. The van der Waals surface area contributed by atoms with Crippen molar-refractivity contribution in [2.75, 3.05) is 27.9 Å². The predicted octanol–water partition coefficient (Wildman–Crippen LogP) is 3.91. The highest BCUT2D eigenvalue weighted by atomic mass is 16.5. The average Bonchev–Trinajstić information content (AvgIpc) is 2.75. The number of carbonyl (C=O) groups is 2. The summed E-state index contributed by atoms with van der Waals surface area (Å²) in [6.45, 7) is -0.367. The Labute approximate surface area is 162 Å². The summed E-state index contributed by atoms with van der Waals surface area (Å²) in [5.74, 6) is 0.0815. The first-order valence-corrected chi connectivity index (χ1v) is 8.56. The zero-order chi connectivity index (χ0) is 20.1. The van der Waals surface area contributed by atoms with Crippen LogP contribution in [0.15, 0.2) is 54.6 Å². The fourth-order valence-corrected chi connectivity index (χ4v) is 2.86. The van der Waals surface area contributed by atoms with Gasteiger partial charge in [-0.15, -0.1) is 0 Å². The molecule has 28 heavy (non-hydrogen) atoms. The van der Waals surface area contributed by atoms with Crippen LogP contribution in [0.1, 0.15) is 20.7 Å². The van der Waals surface area contributed by atoms with Gasteiger partial charge in [0.05, 0.1) is 26.9 Å². The van der Waals surface area contributed by atoms with E-state index in [2.05, 4.69) is 0 Å². The van der Waals surface area contributed by atoms with Crippen molar-refractivity contribution in [1.29, 1.82) is 0 Å². The maximum absolute atomic E-state index is 12.4. The Bertz CT molecular complexity index is 999. The summed E-state index contributed by atoms with van der Waals surface area (Å²) < 4.78 is 20.9. The third-order valence-electron chi connectivity index (χ3n) is 4.31. The lowest BCUT2D eigenvalue weighted by Gasteiger charge is -2.13. The molecule has 0 saturated carbocycles. The van der Waals surface area contributed by atoms with Gasteiger partial charge < -0.3 is 18.9 Å². The van der Waals surface area contributed by atoms with Crippen molar-refractivity contribution >= 4 is 22.5 Å². The Kier molecular flexibility index (Phi) is 5.79. The van der Waals surface area contributed by atoms with Gasteiger partial charge in [-0.2, -0.15) is 0 Å². The Morgan fingerprint density at radius 1 is 0.750 bits per heavy atom. The second-order valence-electron chi connectivity index (χ2n) is 5.98. The molecule has 144 valence electrons. The summed E-state index contributed by atoms with van der Waals surface area (Å²) in [7, 11) is 4.38. The van der Waals surface area contributed by atoms with Crippen LogP contribution in [-0.4, -0.2) is 39.7 Å². The van der Waals surface area contributed by atoms with Gasteiger partial charge in [0.15, 0.2) is 23.9 Å². The number of rotatable bonds is 7. The molecule has 0 aliphatic rings. The van der Waals surface area contributed by atoms with E-state index in [-0.39, 0.29) is 18.0 Å². The summed E-state index contributed by atoms with van der Waals surface area (Å²) in [4.78, 5) is 24.8. The number of benzene rings is 3. The third-order valence-corrected chi connectivity index (χ3v) is 4.31. The summed E-state index contributed by atoms with van der Waals surface area (Å²) >= 11 is 0. The van der Waals surface area contributed by atoms with Gasteiger partial charge in [0.1, 0.15) is 0 Å². The van der Waals surface area contributed by atoms with Crippen molar-refractivity contribution in [3.63, 3.8) is 0 Å².